The highest BCUT2D eigenvalue weighted by Gasteiger charge is 2.21. The third kappa shape index (κ3) is 2.77. The number of rotatable bonds is 4. The third-order valence-electron chi connectivity index (χ3n) is 2.34. The number of carbonyl (C=O) groups is 1. The molecule has 0 spiro atoms. The first-order valence-corrected chi connectivity index (χ1v) is 6.77. The Morgan fingerprint density at radius 2 is 2.10 bits per heavy atom. The van der Waals surface area contributed by atoms with E-state index in [1.807, 2.05) is 4.72 Å². The van der Waals surface area contributed by atoms with E-state index in [9.17, 15) is 17.6 Å². The van der Waals surface area contributed by atoms with Crippen molar-refractivity contribution in [3.8, 4) is 0 Å². The van der Waals surface area contributed by atoms with Crippen molar-refractivity contribution in [1.82, 2.24) is 5.16 Å². The number of nitrogens with one attached hydrogen (secondary N) is 1. The molecule has 1 aromatic carbocycles. The van der Waals surface area contributed by atoms with Gasteiger partial charge in [0.2, 0.25) is 0 Å². The highest BCUT2D eigenvalue weighted by atomic mass is 32.2. The number of halogens is 1. The Morgan fingerprint density at radius 1 is 1.40 bits per heavy atom. The van der Waals surface area contributed by atoms with Crippen LogP contribution in [0, 0.1) is 12.7 Å². The fourth-order valence-corrected chi connectivity index (χ4v) is 2.50. The first-order chi connectivity index (χ1) is 9.29. The summed E-state index contributed by atoms with van der Waals surface area (Å²) in [6.45, 7) is 1.56. The molecule has 2 aromatic rings. The molecule has 0 fully saturated rings. The van der Waals surface area contributed by atoms with Crippen LogP contribution >= 0.6 is 0 Å². The number of benzene rings is 1. The second-order valence-corrected chi connectivity index (χ2v) is 5.53. The van der Waals surface area contributed by atoms with Crippen LogP contribution in [0.4, 0.5) is 10.2 Å². The Hall–Kier alpha value is -2.42. The van der Waals surface area contributed by atoms with Gasteiger partial charge in [-0.3, -0.25) is 4.72 Å². The molecule has 0 bridgehead atoms. The maximum atomic E-state index is 13.7. The Bertz CT molecular complexity index is 769. The zero-order valence-corrected chi connectivity index (χ0v) is 10.9. The van der Waals surface area contributed by atoms with Crippen molar-refractivity contribution in [2.45, 2.75) is 11.8 Å². The maximum absolute atomic E-state index is 13.7. The summed E-state index contributed by atoms with van der Waals surface area (Å²) in [6, 6.07) is 3.81. The SMILES string of the molecule is Cc1cc(NS(=O)(=O)c2ccc(C(=O)O)cc2F)no1. The number of hydrogen-bond donors (Lipinski definition) is 2. The lowest BCUT2D eigenvalue weighted by Crippen LogP contribution is -2.15. The molecular weight excluding hydrogens is 291 g/mol. The van der Waals surface area contributed by atoms with Crippen molar-refractivity contribution in [2.75, 3.05) is 4.72 Å². The van der Waals surface area contributed by atoms with Gasteiger partial charge in [-0.25, -0.2) is 17.6 Å². The summed E-state index contributed by atoms with van der Waals surface area (Å²) in [5.41, 5.74) is -0.348. The van der Waals surface area contributed by atoms with Crippen molar-refractivity contribution in [3.63, 3.8) is 0 Å². The lowest BCUT2D eigenvalue weighted by molar-refractivity contribution is 0.0696. The largest absolute Gasteiger partial charge is 0.478 e. The zero-order valence-electron chi connectivity index (χ0n) is 10.1. The molecule has 0 unspecified atom stereocenters. The van der Waals surface area contributed by atoms with Crippen molar-refractivity contribution in [2.24, 2.45) is 0 Å². The number of hydrogen-bond acceptors (Lipinski definition) is 5. The number of aryl methyl sites for hydroxylation is 1. The molecular formula is C11H9FN2O5S. The molecule has 0 radical (unpaired) electrons. The van der Waals surface area contributed by atoms with E-state index in [1.54, 1.807) is 6.92 Å². The molecule has 0 aliphatic heterocycles. The quantitative estimate of drug-likeness (QED) is 0.888. The van der Waals surface area contributed by atoms with Gasteiger partial charge in [-0.05, 0) is 25.1 Å². The van der Waals surface area contributed by atoms with E-state index in [-0.39, 0.29) is 11.4 Å². The fraction of sp³-hybridized carbons (Fsp3) is 0.0909. The second-order valence-electron chi connectivity index (χ2n) is 3.88. The summed E-state index contributed by atoms with van der Waals surface area (Å²) in [5.74, 6) is -2.24. The van der Waals surface area contributed by atoms with Gasteiger partial charge in [-0.2, -0.15) is 0 Å². The summed E-state index contributed by atoms with van der Waals surface area (Å²) in [7, 11) is -4.21. The smallest absolute Gasteiger partial charge is 0.335 e. The minimum atomic E-state index is -4.21. The molecule has 1 heterocycles. The molecule has 2 N–H and O–H groups in total. The van der Waals surface area contributed by atoms with Crippen LogP contribution in [0.2, 0.25) is 0 Å². The monoisotopic (exact) mass is 300 g/mol. The number of sulfonamides is 1. The predicted octanol–water partition coefficient (Wildman–Crippen LogP) is 1.62. The van der Waals surface area contributed by atoms with Crippen LogP contribution in [-0.2, 0) is 10.0 Å². The molecule has 2 rings (SSSR count). The van der Waals surface area contributed by atoms with Crippen LogP contribution in [0.5, 0.6) is 0 Å². The first-order valence-electron chi connectivity index (χ1n) is 5.28. The summed E-state index contributed by atoms with van der Waals surface area (Å²) < 4.78 is 44.3. The minimum absolute atomic E-state index is 0.0933. The third-order valence-corrected chi connectivity index (χ3v) is 3.72. The van der Waals surface area contributed by atoms with Gasteiger partial charge in [-0.15, -0.1) is 0 Å². The van der Waals surface area contributed by atoms with E-state index in [4.69, 9.17) is 5.11 Å². The molecule has 0 aliphatic carbocycles. The highest BCUT2D eigenvalue weighted by Crippen LogP contribution is 2.19. The van der Waals surface area contributed by atoms with E-state index < -0.39 is 26.7 Å². The Labute approximate surface area is 113 Å². The summed E-state index contributed by atoms with van der Waals surface area (Å²) >= 11 is 0. The summed E-state index contributed by atoms with van der Waals surface area (Å²) in [5, 5.41) is 12.1. The summed E-state index contributed by atoms with van der Waals surface area (Å²) in [4.78, 5) is 9.98. The van der Waals surface area contributed by atoms with Crippen molar-refractivity contribution in [1.29, 1.82) is 0 Å². The van der Waals surface area contributed by atoms with Gasteiger partial charge >= 0.3 is 5.97 Å². The van der Waals surface area contributed by atoms with Crippen LogP contribution in [0.25, 0.3) is 0 Å². The summed E-state index contributed by atoms with van der Waals surface area (Å²) in [6.07, 6.45) is 0. The molecule has 20 heavy (non-hydrogen) atoms. The van der Waals surface area contributed by atoms with Gasteiger partial charge in [0, 0.05) is 6.07 Å². The number of aromatic carboxylic acids is 1. The standard InChI is InChI=1S/C11H9FN2O5S/c1-6-4-10(13-19-6)14-20(17,18)9-3-2-7(11(15)16)5-8(9)12/h2-5H,1H3,(H,13,14)(H,15,16). The van der Waals surface area contributed by atoms with Crippen LogP contribution in [-0.4, -0.2) is 24.7 Å². The normalized spacial score (nSPS) is 11.3. The average Bonchev–Trinajstić information content (AvgIpc) is 2.73. The molecule has 0 saturated heterocycles. The Kier molecular flexibility index (Phi) is 3.45. The Morgan fingerprint density at radius 3 is 2.60 bits per heavy atom. The lowest BCUT2D eigenvalue weighted by atomic mass is 10.2. The average molecular weight is 300 g/mol. The van der Waals surface area contributed by atoms with Crippen LogP contribution in [0.1, 0.15) is 16.1 Å². The molecule has 7 nitrogen and oxygen atoms in total. The van der Waals surface area contributed by atoms with E-state index in [2.05, 4.69) is 9.68 Å². The molecule has 0 atom stereocenters. The van der Waals surface area contributed by atoms with Gasteiger partial charge in [0.15, 0.2) is 5.82 Å². The Balaban J connectivity index is 2.37. The maximum Gasteiger partial charge on any atom is 0.335 e. The zero-order chi connectivity index (χ0) is 14.9. The molecule has 106 valence electrons. The molecule has 0 aliphatic rings. The van der Waals surface area contributed by atoms with E-state index >= 15 is 0 Å². The van der Waals surface area contributed by atoms with Gasteiger partial charge in [-0.1, -0.05) is 5.16 Å². The number of carboxylic acids is 1. The fourth-order valence-electron chi connectivity index (χ4n) is 1.46. The van der Waals surface area contributed by atoms with Crippen molar-refractivity contribution < 1.29 is 27.2 Å². The van der Waals surface area contributed by atoms with Gasteiger partial charge in [0.05, 0.1) is 5.56 Å². The van der Waals surface area contributed by atoms with E-state index in [0.717, 1.165) is 12.1 Å². The van der Waals surface area contributed by atoms with Gasteiger partial charge in [0.25, 0.3) is 10.0 Å². The van der Waals surface area contributed by atoms with Crippen LogP contribution in [0.3, 0.4) is 0 Å². The van der Waals surface area contributed by atoms with E-state index in [1.165, 1.54) is 6.07 Å². The van der Waals surface area contributed by atoms with Crippen LogP contribution in [0.15, 0.2) is 33.7 Å². The van der Waals surface area contributed by atoms with E-state index in [0.29, 0.717) is 11.8 Å². The second kappa shape index (κ2) is 4.93. The topological polar surface area (TPSA) is 110 Å². The molecule has 0 saturated carbocycles. The molecule has 0 amide bonds. The van der Waals surface area contributed by atoms with Gasteiger partial charge in [0.1, 0.15) is 16.5 Å². The minimum Gasteiger partial charge on any atom is -0.478 e. The number of carboxylic acid groups (broad SMARTS) is 1. The van der Waals surface area contributed by atoms with Gasteiger partial charge < -0.3 is 9.63 Å². The number of nitrogens with zero attached hydrogens (tertiary/aromatic N) is 1. The van der Waals surface area contributed by atoms with Crippen LogP contribution < -0.4 is 4.72 Å². The first kappa shape index (κ1) is 14.0. The highest BCUT2D eigenvalue weighted by molar-refractivity contribution is 7.92. The molecule has 9 heteroatoms. The number of anilines is 1. The predicted molar refractivity (Wildman–Crippen MR) is 65.4 cm³/mol. The lowest BCUT2D eigenvalue weighted by Gasteiger charge is -2.06. The molecule has 1 aromatic heterocycles. The number of aromatic nitrogens is 1. The van der Waals surface area contributed by atoms with Crippen molar-refractivity contribution in [3.05, 3.63) is 41.4 Å². The van der Waals surface area contributed by atoms with Crippen molar-refractivity contribution >= 4 is 21.8 Å².